The average molecular weight is 526 g/mol. The molecule has 2 aromatic rings. The molecule has 3 N–H and O–H groups in total. The molecule has 9 heteroatoms. The van der Waals surface area contributed by atoms with Gasteiger partial charge in [0.2, 0.25) is 0 Å². The number of alkyl halides is 2. The molecular weight excluding hydrogens is 503 g/mol. The summed E-state index contributed by atoms with van der Waals surface area (Å²) < 4.78 is 29.6. The van der Waals surface area contributed by atoms with Crippen LogP contribution < -0.4 is 15.4 Å². The Morgan fingerprint density at radius 1 is 1.18 bits per heavy atom. The number of rotatable bonds is 8. The molecule has 28 heavy (non-hydrogen) atoms. The van der Waals surface area contributed by atoms with Crippen LogP contribution in [-0.2, 0) is 6.54 Å². The molecule has 0 radical (unpaired) electrons. The Labute approximate surface area is 185 Å². The van der Waals surface area contributed by atoms with Gasteiger partial charge in [-0.25, -0.2) is 0 Å². The predicted molar refractivity (Wildman–Crippen MR) is 118 cm³/mol. The molecule has 0 aromatic heterocycles. The minimum absolute atomic E-state index is 0. The zero-order valence-electron chi connectivity index (χ0n) is 15.2. The molecule has 0 saturated carbocycles. The van der Waals surface area contributed by atoms with E-state index in [-0.39, 0.29) is 48.8 Å². The Hall–Kier alpha value is -1.65. The zero-order chi connectivity index (χ0) is 19.6. The zero-order valence-corrected chi connectivity index (χ0v) is 18.3. The number of halogens is 4. The van der Waals surface area contributed by atoms with Crippen molar-refractivity contribution in [2.45, 2.75) is 19.1 Å². The summed E-state index contributed by atoms with van der Waals surface area (Å²) >= 11 is 5.95. The molecule has 0 aliphatic rings. The van der Waals surface area contributed by atoms with Crippen molar-refractivity contribution >= 4 is 41.5 Å². The Morgan fingerprint density at radius 3 is 2.50 bits per heavy atom. The monoisotopic (exact) mass is 525 g/mol. The molecule has 0 aliphatic carbocycles. The van der Waals surface area contributed by atoms with Gasteiger partial charge in [-0.2, -0.15) is 8.78 Å². The topological polar surface area (TPSA) is 65.9 Å². The van der Waals surface area contributed by atoms with Crippen molar-refractivity contribution in [3.05, 3.63) is 64.7 Å². The number of ether oxygens (including phenoxy) is 1. The fourth-order valence-corrected chi connectivity index (χ4v) is 2.72. The minimum atomic E-state index is -2.92. The molecule has 1 atom stereocenters. The molecule has 2 rings (SSSR count). The van der Waals surface area contributed by atoms with Crippen molar-refractivity contribution in [2.24, 2.45) is 4.99 Å². The summed E-state index contributed by atoms with van der Waals surface area (Å²) in [4.78, 5) is 4.11. The fraction of sp³-hybridized carbons (Fsp3) is 0.316. The summed E-state index contributed by atoms with van der Waals surface area (Å²) in [7, 11) is 1.60. The lowest BCUT2D eigenvalue weighted by Gasteiger charge is -2.19. The molecule has 2 aromatic carbocycles. The first-order chi connectivity index (χ1) is 13.0. The van der Waals surface area contributed by atoms with E-state index in [0.717, 1.165) is 5.56 Å². The standard InChI is InChI=1S/C19H22ClF2N3O2.HI/c1-23-19(25-11-15(12-26)13-5-3-2-4-6-13)24-10-14-9-16(20)7-8-17(14)27-18(21)22;/h2-9,15,18,26H,10-12H2,1H3,(H2,23,24,25);1H. The molecule has 0 amide bonds. The van der Waals surface area contributed by atoms with E-state index in [1.807, 2.05) is 30.3 Å². The Kier molecular flexibility index (Phi) is 11.1. The molecular formula is C19H23ClF2IN3O2. The maximum absolute atomic E-state index is 12.5. The largest absolute Gasteiger partial charge is 0.434 e. The number of benzene rings is 2. The van der Waals surface area contributed by atoms with Crippen LogP contribution in [0.2, 0.25) is 5.02 Å². The molecule has 5 nitrogen and oxygen atoms in total. The number of hydrogen-bond acceptors (Lipinski definition) is 3. The number of hydrogen-bond donors (Lipinski definition) is 3. The van der Waals surface area contributed by atoms with E-state index in [1.165, 1.54) is 12.1 Å². The van der Waals surface area contributed by atoms with Gasteiger partial charge in [0.25, 0.3) is 0 Å². The van der Waals surface area contributed by atoms with Gasteiger partial charge in [0, 0.05) is 36.6 Å². The molecule has 0 aliphatic heterocycles. The normalized spacial score (nSPS) is 12.3. The highest BCUT2D eigenvalue weighted by Gasteiger charge is 2.13. The maximum Gasteiger partial charge on any atom is 0.387 e. The molecule has 154 valence electrons. The van der Waals surface area contributed by atoms with Crippen LogP contribution in [0.1, 0.15) is 17.0 Å². The van der Waals surface area contributed by atoms with Crippen LogP contribution in [-0.4, -0.2) is 37.9 Å². The molecule has 0 bridgehead atoms. The lowest BCUT2D eigenvalue weighted by Crippen LogP contribution is -2.39. The highest BCUT2D eigenvalue weighted by atomic mass is 127. The van der Waals surface area contributed by atoms with Gasteiger partial charge in [0.05, 0.1) is 6.61 Å². The van der Waals surface area contributed by atoms with Gasteiger partial charge in [-0.3, -0.25) is 4.99 Å². The number of aliphatic imine (C=N–C) groups is 1. The first kappa shape index (κ1) is 24.4. The Morgan fingerprint density at radius 2 is 1.89 bits per heavy atom. The van der Waals surface area contributed by atoms with Gasteiger partial charge in [-0.15, -0.1) is 24.0 Å². The van der Waals surface area contributed by atoms with Crippen LogP contribution >= 0.6 is 35.6 Å². The third-order valence-corrected chi connectivity index (χ3v) is 4.15. The van der Waals surface area contributed by atoms with Crippen molar-refractivity contribution < 1.29 is 18.6 Å². The average Bonchev–Trinajstić information content (AvgIpc) is 2.67. The minimum Gasteiger partial charge on any atom is -0.434 e. The number of aliphatic hydroxyl groups is 1. The summed E-state index contributed by atoms with van der Waals surface area (Å²) in [5.41, 5.74) is 1.48. The fourth-order valence-electron chi connectivity index (χ4n) is 2.53. The Bertz CT molecular complexity index is 751. The van der Waals surface area contributed by atoms with E-state index in [9.17, 15) is 13.9 Å². The van der Waals surface area contributed by atoms with Crippen molar-refractivity contribution in [1.82, 2.24) is 10.6 Å². The van der Waals surface area contributed by atoms with E-state index < -0.39 is 6.61 Å². The first-order valence-corrected chi connectivity index (χ1v) is 8.74. The molecule has 0 fully saturated rings. The molecule has 1 unspecified atom stereocenters. The summed E-state index contributed by atoms with van der Waals surface area (Å²) in [6, 6.07) is 14.1. The number of guanidine groups is 1. The predicted octanol–water partition coefficient (Wildman–Crippen LogP) is 4.00. The lowest BCUT2D eigenvalue weighted by molar-refractivity contribution is -0.0504. The van der Waals surface area contributed by atoms with E-state index in [2.05, 4.69) is 20.4 Å². The van der Waals surface area contributed by atoms with Crippen molar-refractivity contribution in [1.29, 1.82) is 0 Å². The van der Waals surface area contributed by atoms with E-state index in [4.69, 9.17) is 11.6 Å². The number of nitrogens with one attached hydrogen (secondary N) is 2. The van der Waals surface area contributed by atoms with Crippen LogP contribution in [0.15, 0.2) is 53.5 Å². The van der Waals surface area contributed by atoms with Crippen molar-refractivity contribution in [2.75, 3.05) is 20.2 Å². The highest BCUT2D eigenvalue weighted by Crippen LogP contribution is 2.24. The molecule has 0 saturated heterocycles. The number of aliphatic hydroxyl groups excluding tert-OH is 1. The third kappa shape index (κ3) is 7.76. The van der Waals surface area contributed by atoms with E-state index in [0.29, 0.717) is 23.1 Å². The molecule has 0 spiro atoms. The van der Waals surface area contributed by atoms with Crippen LogP contribution in [0.4, 0.5) is 8.78 Å². The maximum atomic E-state index is 12.5. The highest BCUT2D eigenvalue weighted by molar-refractivity contribution is 14.0. The van der Waals surface area contributed by atoms with E-state index >= 15 is 0 Å². The van der Waals surface area contributed by atoms with Crippen LogP contribution in [0.5, 0.6) is 5.75 Å². The second-order valence-electron chi connectivity index (χ2n) is 5.73. The third-order valence-electron chi connectivity index (χ3n) is 3.92. The summed E-state index contributed by atoms with van der Waals surface area (Å²) in [6.07, 6.45) is 0. The number of nitrogens with zero attached hydrogens (tertiary/aromatic N) is 1. The van der Waals surface area contributed by atoms with Crippen molar-refractivity contribution in [3.8, 4) is 5.75 Å². The van der Waals surface area contributed by atoms with E-state index in [1.54, 1.807) is 13.1 Å². The lowest BCUT2D eigenvalue weighted by atomic mass is 10.0. The second-order valence-corrected chi connectivity index (χ2v) is 6.16. The summed E-state index contributed by atoms with van der Waals surface area (Å²) in [5.74, 6) is 0.413. The van der Waals surface area contributed by atoms with Crippen molar-refractivity contribution in [3.63, 3.8) is 0 Å². The molecule has 0 heterocycles. The van der Waals surface area contributed by atoms with Gasteiger partial charge in [-0.05, 0) is 23.8 Å². The van der Waals surface area contributed by atoms with Crippen LogP contribution in [0.3, 0.4) is 0 Å². The van der Waals surface area contributed by atoms with Gasteiger partial charge >= 0.3 is 6.61 Å². The summed E-state index contributed by atoms with van der Waals surface area (Å²) in [5, 5.41) is 16.2. The first-order valence-electron chi connectivity index (χ1n) is 8.37. The Balaban J connectivity index is 0.00000392. The van der Waals surface area contributed by atoms with Gasteiger partial charge in [0.1, 0.15) is 5.75 Å². The smallest absolute Gasteiger partial charge is 0.387 e. The van der Waals surface area contributed by atoms with Gasteiger partial charge < -0.3 is 20.5 Å². The summed E-state index contributed by atoms with van der Waals surface area (Å²) in [6.45, 7) is -2.29. The second kappa shape index (κ2) is 12.7. The van der Waals surface area contributed by atoms with Gasteiger partial charge in [-0.1, -0.05) is 41.9 Å². The van der Waals surface area contributed by atoms with Gasteiger partial charge in [0.15, 0.2) is 5.96 Å². The SMILES string of the molecule is CN=C(NCc1cc(Cl)ccc1OC(F)F)NCC(CO)c1ccccc1.I. The van der Waals surface area contributed by atoms with Crippen LogP contribution in [0.25, 0.3) is 0 Å². The van der Waals surface area contributed by atoms with Crippen LogP contribution in [0, 0.1) is 0 Å². The quantitative estimate of drug-likeness (QED) is 0.277.